The molecule has 3 aromatic rings. The zero-order chi connectivity index (χ0) is 30.8. The van der Waals surface area contributed by atoms with Crippen molar-refractivity contribution in [1.29, 1.82) is 0 Å². The van der Waals surface area contributed by atoms with Crippen molar-refractivity contribution in [3.8, 4) is 0 Å². The van der Waals surface area contributed by atoms with Crippen molar-refractivity contribution in [3.63, 3.8) is 0 Å². The molecule has 0 saturated heterocycles. The molecule has 228 valence electrons. The average molecular weight is 582 g/mol. The Bertz CT molecular complexity index is 1720. The summed E-state index contributed by atoms with van der Waals surface area (Å²) in [5.41, 5.74) is 15.7. The molecular weight excluding hydrogens is 534 g/mol. The number of methoxy groups -OCH3 is 1. The summed E-state index contributed by atoms with van der Waals surface area (Å²) in [5, 5.41) is 3.66. The summed E-state index contributed by atoms with van der Waals surface area (Å²) in [6.07, 6.45) is 4.29. The first-order valence-corrected chi connectivity index (χ1v) is 15.8. The van der Waals surface area contributed by atoms with E-state index in [0.29, 0.717) is 12.8 Å². The molecule has 5 heterocycles. The van der Waals surface area contributed by atoms with Crippen LogP contribution in [0.25, 0.3) is 33.2 Å². The van der Waals surface area contributed by atoms with Gasteiger partial charge in [0.25, 0.3) is 0 Å². The van der Waals surface area contributed by atoms with E-state index in [1.807, 2.05) is 0 Å². The molecule has 43 heavy (non-hydrogen) atoms. The SMILES string of the molecule is CCCCNCc1c(C)c2cc3nc(c(C)c4cc(C)c(cc5nc(cc1[nH]2)C(C)=C5CC)[nH]4)[C@@H](CCC(=O)OC)[C@@H]3C. The second kappa shape index (κ2) is 12.9. The highest BCUT2D eigenvalue weighted by Crippen LogP contribution is 2.42. The number of allylic oxidation sites excluding steroid dienone is 2. The van der Waals surface area contributed by atoms with Crippen molar-refractivity contribution in [1.82, 2.24) is 25.3 Å². The highest BCUT2D eigenvalue weighted by atomic mass is 16.5. The number of unbranched alkanes of at least 4 members (excludes halogenated alkanes) is 1. The molecule has 0 unspecified atom stereocenters. The van der Waals surface area contributed by atoms with Crippen molar-refractivity contribution in [2.24, 2.45) is 0 Å². The fraction of sp³-hybridized carbons (Fsp3) is 0.472. The van der Waals surface area contributed by atoms with Crippen molar-refractivity contribution >= 4 is 39.2 Å². The quantitative estimate of drug-likeness (QED) is 0.174. The lowest BCUT2D eigenvalue weighted by Gasteiger charge is -2.16. The number of aromatic amines is 2. The van der Waals surface area contributed by atoms with Gasteiger partial charge in [0.1, 0.15) is 0 Å². The number of fused-ring (bicyclic) bond motifs is 8. The van der Waals surface area contributed by atoms with Crippen LogP contribution in [-0.4, -0.2) is 39.6 Å². The molecule has 5 rings (SSSR count). The van der Waals surface area contributed by atoms with Gasteiger partial charge in [-0.15, -0.1) is 0 Å². The number of nitrogens with zero attached hydrogens (tertiary/aromatic N) is 2. The molecule has 8 bridgehead atoms. The third-order valence-electron chi connectivity index (χ3n) is 9.46. The van der Waals surface area contributed by atoms with Gasteiger partial charge >= 0.3 is 5.97 Å². The lowest BCUT2D eigenvalue weighted by atomic mass is 9.86. The van der Waals surface area contributed by atoms with Gasteiger partial charge in [0.05, 0.1) is 18.5 Å². The molecule has 3 aromatic heterocycles. The molecule has 2 aliphatic rings. The number of hydrogen-bond donors (Lipinski definition) is 3. The fourth-order valence-corrected chi connectivity index (χ4v) is 6.56. The molecule has 0 radical (unpaired) electrons. The smallest absolute Gasteiger partial charge is 0.305 e. The van der Waals surface area contributed by atoms with Gasteiger partial charge < -0.3 is 20.0 Å². The maximum absolute atomic E-state index is 12.2. The molecule has 7 heteroatoms. The normalized spacial score (nSPS) is 16.7. The van der Waals surface area contributed by atoms with Gasteiger partial charge in [-0.05, 0) is 111 Å². The molecule has 0 amide bonds. The van der Waals surface area contributed by atoms with Crippen LogP contribution in [0.5, 0.6) is 0 Å². The number of carbonyl (C=O) groups excluding carboxylic acids is 1. The van der Waals surface area contributed by atoms with Crippen LogP contribution in [0.2, 0.25) is 0 Å². The van der Waals surface area contributed by atoms with Gasteiger partial charge in [-0.2, -0.15) is 0 Å². The highest BCUT2D eigenvalue weighted by molar-refractivity contribution is 5.92. The number of hydrogen-bond acceptors (Lipinski definition) is 5. The number of esters is 1. The summed E-state index contributed by atoms with van der Waals surface area (Å²) in [4.78, 5) is 30.1. The summed E-state index contributed by atoms with van der Waals surface area (Å²) in [7, 11) is 1.46. The number of ether oxygens (including phenoxy) is 1. The zero-order valence-electron chi connectivity index (χ0n) is 27.1. The first kappa shape index (κ1) is 30.7. The molecule has 3 N–H and O–H groups in total. The molecule has 0 aliphatic carbocycles. The van der Waals surface area contributed by atoms with Crippen LogP contribution in [0.1, 0.15) is 117 Å². The lowest BCUT2D eigenvalue weighted by molar-refractivity contribution is -0.140. The van der Waals surface area contributed by atoms with Gasteiger partial charge in [-0.25, -0.2) is 4.98 Å². The van der Waals surface area contributed by atoms with E-state index in [-0.39, 0.29) is 17.8 Å². The number of rotatable bonds is 9. The number of nitrogens with one attached hydrogen (secondary N) is 3. The molecule has 0 spiro atoms. The Morgan fingerprint density at radius 3 is 2.37 bits per heavy atom. The molecule has 0 aromatic carbocycles. The first-order chi connectivity index (χ1) is 20.7. The minimum Gasteiger partial charge on any atom is -0.469 e. The first-order valence-electron chi connectivity index (χ1n) is 15.8. The molecular formula is C36H47N5O2. The second-order valence-electron chi connectivity index (χ2n) is 12.2. The topological polar surface area (TPSA) is 95.7 Å². The Hall–Kier alpha value is -3.71. The number of carbonyl (C=O) groups is 1. The minimum atomic E-state index is -0.184. The van der Waals surface area contributed by atoms with Crippen LogP contribution in [0.15, 0.2) is 24.3 Å². The predicted molar refractivity (Wildman–Crippen MR) is 177 cm³/mol. The lowest BCUT2D eigenvalue weighted by Crippen LogP contribution is -2.14. The van der Waals surface area contributed by atoms with Gasteiger partial charge in [-0.1, -0.05) is 27.2 Å². The van der Waals surface area contributed by atoms with Crippen molar-refractivity contribution in [2.75, 3.05) is 13.7 Å². The molecule has 0 fully saturated rings. The van der Waals surface area contributed by atoms with Crippen LogP contribution >= 0.6 is 0 Å². The number of aromatic nitrogens is 4. The van der Waals surface area contributed by atoms with Crippen LogP contribution in [0.3, 0.4) is 0 Å². The standard InChI is InChI=1S/C36H47N5O2/c1-9-11-14-37-19-27-23(6)30-17-32-22(5)26(12-13-35(42)43-8)36(41-32)24(7)29-15-20(3)28(38-29)16-33-25(10-2)21(4)31(39-33)18-34(27)40-30/h15-18,22,26,37-38,40H,9-14,19H2,1-8H3/t22-,26-/m0/s1. The van der Waals surface area contributed by atoms with Gasteiger partial charge in [0.2, 0.25) is 0 Å². The summed E-state index contributed by atoms with van der Waals surface area (Å²) < 4.78 is 5.00. The van der Waals surface area contributed by atoms with E-state index >= 15 is 0 Å². The predicted octanol–water partition coefficient (Wildman–Crippen LogP) is 8.31. The van der Waals surface area contributed by atoms with Crippen molar-refractivity contribution < 1.29 is 9.53 Å². The number of aryl methyl sites for hydroxylation is 3. The summed E-state index contributed by atoms with van der Waals surface area (Å²) in [6, 6.07) is 8.84. The van der Waals surface area contributed by atoms with E-state index in [1.165, 1.54) is 41.4 Å². The summed E-state index contributed by atoms with van der Waals surface area (Å²) >= 11 is 0. The third-order valence-corrected chi connectivity index (χ3v) is 9.46. The van der Waals surface area contributed by atoms with E-state index in [2.05, 4.69) is 88.0 Å². The Kier molecular flexibility index (Phi) is 9.21. The Labute approximate surface area is 255 Å². The summed E-state index contributed by atoms with van der Waals surface area (Å²) in [6.45, 7) is 17.1. The van der Waals surface area contributed by atoms with E-state index in [0.717, 1.165) is 76.3 Å². The van der Waals surface area contributed by atoms with E-state index < -0.39 is 0 Å². The van der Waals surface area contributed by atoms with Crippen LogP contribution in [0.4, 0.5) is 0 Å². The van der Waals surface area contributed by atoms with Gasteiger partial charge in [0.15, 0.2) is 0 Å². The third kappa shape index (κ3) is 6.05. The van der Waals surface area contributed by atoms with Gasteiger partial charge in [0, 0.05) is 58.3 Å². The maximum Gasteiger partial charge on any atom is 0.305 e. The molecule has 0 saturated carbocycles. The van der Waals surface area contributed by atoms with Crippen LogP contribution < -0.4 is 5.32 Å². The van der Waals surface area contributed by atoms with Crippen LogP contribution in [0, 0.1) is 20.8 Å². The highest BCUT2D eigenvalue weighted by Gasteiger charge is 2.31. The average Bonchev–Trinajstić information content (AvgIpc) is 3.69. The zero-order valence-corrected chi connectivity index (χ0v) is 27.1. The largest absolute Gasteiger partial charge is 0.469 e. The van der Waals surface area contributed by atoms with Crippen molar-refractivity contribution in [2.45, 2.75) is 99.0 Å². The molecule has 7 nitrogen and oxygen atoms in total. The second-order valence-corrected chi connectivity index (χ2v) is 12.2. The monoisotopic (exact) mass is 581 g/mol. The molecule has 2 aliphatic heterocycles. The Morgan fingerprint density at radius 1 is 0.930 bits per heavy atom. The number of H-pyrrole nitrogens is 2. The van der Waals surface area contributed by atoms with E-state index in [9.17, 15) is 4.79 Å². The van der Waals surface area contributed by atoms with E-state index in [1.54, 1.807) is 0 Å². The Morgan fingerprint density at radius 2 is 1.65 bits per heavy atom. The Balaban J connectivity index is 1.82. The van der Waals surface area contributed by atoms with Crippen LogP contribution in [-0.2, 0) is 16.1 Å². The molecule has 2 atom stereocenters. The summed E-state index contributed by atoms with van der Waals surface area (Å²) in [5.74, 6) is 0.0836. The van der Waals surface area contributed by atoms with Gasteiger partial charge in [-0.3, -0.25) is 9.78 Å². The fourth-order valence-electron chi connectivity index (χ4n) is 6.56. The maximum atomic E-state index is 12.2. The van der Waals surface area contributed by atoms with E-state index in [4.69, 9.17) is 14.7 Å². The minimum absolute atomic E-state index is 0.113. The van der Waals surface area contributed by atoms with Crippen molar-refractivity contribution in [3.05, 3.63) is 69.3 Å².